The number of rotatable bonds is 6. The molecule has 0 saturated carbocycles. The lowest BCUT2D eigenvalue weighted by molar-refractivity contribution is 0.135. The van der Waals surface area contributed by atoms with E-state index in [1.165, 1.54) is 12.8 Å². The summed E-state index contributed by atoms with van der Waals surface area (Å²) in [6.45, 7) is 2.86. The van der Waals surface area contributed by atoms with Crippen molar-refractivity contribution in [3.05, 3.63) is 24.0 Å². The molecule has 150 valence electrons. The Morgan fingerprint density at radius 1 is 1.28 bits per heavy atom. The molecule has 2 aliphatic rings. The number of H-pyrrole nitrogens is 2. The number of anilines is 3. The molecule has 3 aromatic heterocycles. The van der Waals surface area contributed by atoms with Crippen LogP contribution in [0.2, 0.25) is 0 Å². The Morgan fingerprint density at radius 3 is 2.83 bits per heavy atom. The van der Waals surface area contributed by atoms with Crippen LogP contribution < -0.4 is 10.6 Å². The van der Waals surface area contributed by atoms with Crippen LogP contribution in [0.1, 0.15) is 37.8 Å². The number of nitrogens with zero attached hydrogens (tertiary/aromatic N) is 5. The summed E-state index contributed by atoms with van der Waals surface area (Å²) in [5.74, 6) is 2.08. The Morgan fingerprint density at radius 2 is 2.10 bits per heavy atom. The minimum absolute atomic E-state index is 0.350. The molecule has 0 unspecified atom stereocenters. The van der Waals surface area contributed by atoms with Gasteiger partial charge in [0.1, 0.15) is 5.52 Å². The Balaban J connectivity index is 1.34. The van der Waals surface area contributed by atoms with Gasteiger partial charge in [-0.05, 0) is 38.7 Å². The third-order valence-corrected chi connectivity index (χ3v) is 6.06. The lowest BCUT2D eigenvalue weighted by Gasteiger charge is -2.38. The summed E-state index contributed by atoms with van der Waals surface area (Å²) >= 11 is 0. The van der Waals surface area contributed by atoms with Gasteiger partial charge in [-0.15, -0.1) is 0 Å². The molecule has 2 fully saturated rings. The maximum Gasteiger partial charge on any atom is 0.225 e. The summed E-state index contributed by atoms with van der Waals surface area (Å²) in [4.78, 5) is 15.2. The zero-order valence-electron chi connectivity index (χ0n) is 16.4. The monoisotopic (exact) mass is 391 g/mol. The van der Waals surface area contributed by atoms with Crippen molar-refractivity contribution in [3.63, 3.8) is 0 Å². The van der Waals surface area contributed by atoms with E-state index in [1.54, 1.807) is 0 Å². The van der Waals surface area contributed by atoms with E-state index in [0.717, 1.165) is 41.9 Å². The number of aryl methyl sites for hydroxylation is 1. The van der Waals surface area contributed by atoms with E-state index >= 15 is 0 Å². The predicted octanol–water partition coefficient (Wildman–Crippen LogP) is 3.05. The molecule has 4 N–H and O–H groups in total. The average molecular weight is 391 g/mol. The smallest absolute Gasteiger partial charge is 0.225 e. The van der Waals surface area contributed by atoms with Gasteiger partial charge < -0.3 is 15.6 Å². The first-order valence-electron chi connectivity index (χ1n) is 10.2. The molecule has 0 spiro atoms. The van der Waals surface area contributed by atoms with Crippen molar-refractivity contribution in [1.82, 2.24) is 30.0 Å². The van der Waals surface area contributed by atoms with E-state index in [2.05, 4.69) is 36.8 Å². The molecular weight excluding hydrogens is 366 g/mol. The van der Waals surface area contributed by atoms with Crippen molar-refractivity contribution >= 4 is 28.6 Å². The van der Waals surface area contributed by atoms with Gasteiger partial charge in [0.25, 0.3) is 0 Å². The highest BCUT2D eigenvalue weighted by atomic mass is 15.3. The summed E-state index contributed by atoms with van der Waals surface area (Å²) in [5, 5.41) is 23.0. The van der Waals surface area contributed by atoms with Crippen molar-refractivity contribution in [2.75, 3.05) is 17.2 Å². The largest absolute Gasteiger partial charge is 0.357 e. The summed E-state index contributed by atoms with van der Waals surface area (Å²) in [7, 11) is 0. The van der Waals surface area contributed by atoms with Crippen LogP contribution in [-0.2, 0) is 0 Å². The van der Waals surface area contributed by atoms with Crippen LogP contribution in [0.15, 0.2) is 18.3 Å². The van der Waals surface area contributed by atoms with Crippen molar-refractivity contribution in [2.45, 2.75) is 57.2 Å². The molecule has 29 heavy (non-hydrogen) atoms. The van der Waals surface area contributed by atoms with E-state index in [1.807, 2.05) is 25.3 Å². The SMILES string of the molecule is Cc1cc(Nc2nc(N[C@@H]3C[C@H]4CC[C@@H](C3)N4CCC#N)nc3cc[nH]c23)n[nH]1. The number of piperidine rings is 1. The molecule has 0 radical (unpaired) electrons. The summed E-state index contributed by atoms with van der Waals surface area (Å²) < 4.78 is 0. The molecule has 9 heteroatoms. The van der Waals surface area contributed by atoms with Gasteiger partial charge in [-0.25, -0.2) is 4.98 Å². The van der Waals surface area contributed by atoms with E-state index in [-0.39, 0.29) is 0 Å². The van der Waals surface area contributed by atoms with Crippen LogP contribution in [-0.4, -0.2) is 54.7 Å². The Bertz CT molecular complexity index is 1030. The standard InChI is InChI=1S/C20H25N9/c1-12-9-17(28-27-12)25-19-18-16(5-7-22-18)24-20(26-19)23-13-10-14-3-4-15(11-13)29(14)8-2-6-21/h5,7,9,13-15,22H,2-4,8,10-11H2,1H3,(H3,23,24,25,26,27,28)/t13-,14-,15+. The highest BCUT2D eigenvalue weighted by Crippen LogP contribution is 2.36. The van der Waals surface area contributed by atoms with Crippen molar-refractivity contribution in [2.24, 2.45) is 0 Å². The fraction of sp³-hybridized carbons (Fsp3) is 0.500. The molecule has 5 rings (SSSR count). The van der Waals surface area contributed by atoms with Gasteiger partial charge >= 0.3 is 0 Å². The number of fused-ring (bicyclic) bond motifs is 3. The van der Waals surface area contributed by atoms with Crippen LogP contribution in [0, 0.1) is 18.3 Å². The van der Waals surface area contributed by atoms with E-state index in [9.17, 15) is 0 Å². The van der Waals surface area contributed by atoms with Gasteiger partial charge in [0, 0.05) is 49.0 Å². The number of aromatic nitrogens is 5. The maximum atomic E-state index is 8.92. The van der Waals surface area contributed by atoms with Gasteiger partial charge in [-0.1, -0.05) is 0 Å². The number of nitriles is 1. The molecule has 3 aromatic rings. The summed E-state index contributed by atoms with van der Waals surface area (Å²) in [6.07, 6.45) is 7.06. The second-order valence-corrected chi connectivity index (χ2v) is 8.04. The number of hydrogen-bond donors (Lipinski definition) is 4. The zero-order chi connectivity index (χ0) is 19.8. The average Bonchev–Trinajstić information content (AvgIpc) is 3.39. The van der Waals surface area contributed by atoms with Gasteiger partial charge in [-0.3, -0.25) is 10.00 Å². The molecule has 2 saturated heterocycles. The summed E-state index contributed by atoms with van der Waals surface area (Å²) in [6, 6.07) is 7.64. The first-order valence-corrected chi connectivity index (χ1v) is 10.2. The normalized spacial score (nSPS) is 23.9. The molecule has 5 heterocycles. The van der Waals surface area contributed by atoms with Gasteiger partial charge in [-0.2, -0.15) is 15.3 Å². The second-order valence-electron chi connectivity index (χ2n) is 8.04. The minimum atomic E-state index is 0.350. The molecule has 0 aromatic carbocycles. The van der Waals surface area contributed by atoms with Gasteiger partial charge in [0.05, 0.1) is 11.6 Å². The highest BCUT2D eigenvalue weighted by molar-refractivity contribution is 5.88. The first kappa shape index (κ1) is 17.9. The fourth-order valence-electron chi connectivity index (χ4n) is 4.82. The fourth-order valence-corrected chi connectivity index (χ4v) is 4.82. The molecule has 9 nitrogen and oxygen atoms in total. The number of hydrogen-bond acceptors (Lipinski definition) is 7. The Kier molecular flexibility index (Phi) is 4.56. The third-order valence-electron chi connectivity index (χ3n) is 6.06. The van der Waals surface area contributed by atoms with Crippen LogP contribution in [0.25, 0.3) is 11.0 Å². The quantitative estimate of drug-likeness (QED) is 0.509. The van der Waals surface area contributed by atoms with Crippen molar-refractivity contribution < 1.29 is 0 Å². The molecule has 0 aliphatic carbocycles. The topological polar surface area (TPSA) is 121 Å². The summed E-state index contributed by atoms with van der Waals surface area (Å²) in [5.41, 5.74) is 2.72. The molecular formula is C20H25N9. The molecule has 3 atom stereocenters. The molecule has 0 amide bonds. The highest BCUT2D eigenvalue weighted by Gasteiger charge is 2.40. The maximum absolute atomic E-state index is 8.92. The van der Waals surface area contributed by atoms with Crippen LogP contribution in [0.3, 0.4) is 0 Å². The molecule has 2 aliphatic heterocycles. The first-order chi connectivity index (χ1) is 14.2. The van der Waals surface area contributed by atoms with E-state index < -0.39 is 0 Å². The van der Waals surface area contributed by atoms with E-state index in [4.69, 9.17) is 15.2 Å². The van der Waals surface area contributed by atoms with Gasteiger partial charge in [0.2, 0.25) is 5.95 Å². The Labute approximate surface area is 168 Å². The number of aromatic amines is 2. The van der Waals surface area contributed by atoms with Crippen LogP contribution in [0.5, 0.6) is 0 Å². The Hall–Kier alpha value is -3.12. The van der Waals surface area contributed by atoms with Crippen LogP contribution >= 0.6 is 0 Å². The minimum Gasteiger partial charge on any atom is -0.357 e. The third kappa shape index (κ3) is 3.51. The number of nitrogens with one attached hydrogen (secondary N) is 4. The lowest BCUT2D eigenvalue weighted by atomic mass is 9.97. The predicted molar refractivity (Wildman–Crippen MR) is 111 cm³/mol. The molecule has 2 bridgehead atoms. The van der Waals surface area contributed by atoms with Crippen molar-refractivity contribution in [3.8, 4) is 6.07 Å². The van der Waals surface area contributed by atoms with Gasteiger partial charge in [0.15, 0.2) is 11.6 Å². The van der Waals surface area contributed by atoms with E-state index in [0.29, 0.717) is 36.3 Å². The lowest BCUT2D eigenvalue weighted by Crippen LogP contribution is -2.47. The van der Waals surface area contributed by atoms with Crippen LogP contribution in [0.4, 0.5) is 17.6 Å². The zero-order valence-corrected chi connectivity index (χ0v) is 16.4. The van der Waals surface area contributed by atoms with Crippen molar-refractivity contribution in [1.29, 1.82) is 5.26 Å². The second kappa shape index (κ2) is 7.37.